The van der Waals surface area contributed by atoms with E-state index < -0.39 is 11.7 Å². The number of aromatic nitrogens is 2. The van der Waals surface area contributed by atoms with E-state index in [4.69, 9.17) is 11.6 Å². The van der Waals surface area contributed by atoms with Gasteiger partial charge in [-0.3, -0.25) is 0 Å². The first-order chi connectivity index (χ1) is 9.45. The van der Waals surface area contributed by atoms with Crippen molar-refractivity contribution in [1.29, 1.82) is 0 Å². The van der Waals surface area contributed by atoms with Gasteiger partial charge < -0.3 is 0 Å². The highest BCUT2D eigenvalue weighted by Crippen LogP contribution is 2.33. The van der Waals surface area contributed by atoms with E-state index in [1.54, 1.807) is 6.07 Å². The fraction of sp³-hybridized carbons (Fsp3) is 0.0769. The molecular weight excluding hydrogens is 309 g/mol. The van der Waals surface area contributed by atoms with Gasteiger partial charge >= 0.3 is 6.18 Å². The van der Waals surface area contributed by atoms with E-state index in [2.05, 4.69) is 9.97 Å². The SMILES string of the molecule is FC(F)(F)c1ccc2c(Cl)nc(-c3cccs3)nc2c1. The lowest BCUT2D eigenvalue weighted by molar-refractivity contribution is -0.137. The molecule has 0 aliphatic rings. The van der Waals surface area contributed by atoms with Crippen LogP contribution in [-0.4, -0.2) is 9.97 Å². The average Bonchev–Trinajstić information content (AvgIpc) is 2.90. The van der Waals surface area contributed by atoms with E-state index in [0.29, 0.717) is 11.2 Å². The number of nitrogens with zero attached hydrogens (tertiary/aromatic N) is 2. The number of rotatable bonds is 1. The van der Waals surface area contributed by atoms with Gasteiger partial charge in [-0.1, -0.05) is 17.7 Å². The Morgan fingerprint density at radius 2 is 1.90 bits per heavy atom. The van der Waals surface area contributed by atoms with E-state index in [-0.39, 0.29) is 10.7 Å². The maximum absolute atomic E-state index is 12.7. The van der Waals surface area contributed by atoms with Crippen LogP contribution < -0.4 is 0 Å². The quantitative estimate of drug-likeness (QED) is 0.589. The first-order valence-corrected chi connectivity index (χ1v) is 6.79. The van der Waals surface area contributed by atoms with Crippen molar-refractivity contribution in [1.82, 2.24) is 9.97 Å². The van der Waals surface area contributed by atoms with E-state index >= 15 is 0 Å². The zero-order chi connectivity index (χ0) is 14.3. The lowest BCUT2D eigenvalue weighted by atomic mass is 10.1. The van der Waals surface area contributed by atoms with Crippen LogP contribution in [0.15, 0.2) is 35.7 Å². The van der Waals surface area contributed by atoms with Gasteiger partial charge in [0, 0.05) is 5.39 Å². The molecular formula is C13H6ClF3N2S. The number of hydrogen-bond donors (Lipinski definition) is 0. The number of hydrogen-bond acceptors (Lipinski definition) is 3. The summed E-state index contributed by atoms with van der Waals surface area (Å²) in [5, 5.41) is 2.38. The molecule has 0 aliphatic heterocycles. The molecule has 2 aromatic heterocycles. The lowest BCUT2D eigenvalue weighted by Gasteiger charge is -2.08. The van der Waals surface area contributed by atoms with E-state index in [1.165, 1.54) is 17.4 Å². The van der Waals surface area contributed by atoms with Crippen molar-refractivity contribution >= 4 is 33.8 Å². The Labute approximate surface area is 120 Å². The van der Waals surface area contributed by atoms with Crippen molar-refractivity contribution < 1.29 is 13.2 Å². The molecule has 0 fully saturated rings. The molecule has 0 atom stereocenters. The summed E-state index contributed by atoms with van der Waals surface area (Å²) in [4.78, 5) is 9.04. The molecule has 0 aliphatic carbocycles. The molecule has 0 spiro atoms. The highest BCUT2D eigenvalue weighted by molar-refractivity contribution is 7.13. The summed E-state index contributed by atoms with van der Waals surface area (Å²) >= 11 is 7.42. The van der Waals surface area contributed by atoms with Gasteiger partial charge in [-0.05, 0) is 29.6 Å². The summed E-state index contributed by atoms with van der Waals surface area (Å²) in [7, 11) is 0. The minimum absolute atomic E-state index is 0.145. The number of fused-ring (bicyclic) bond motifs is 1. The molecule has 0 saturated carbocycles. The van der Waals surface area contributed by atoms with Gasteiger partial charge in [0.2, 0.25) is 0 Å². The van der Waals surface area contributed by atoms with Crippen molar-refractivity contribution in [3.63, 3.8) is 0 Å². The molecule has 0 radical (unpaired) electrons. The first kappa shape index (κ1) is 13.3. The molecule has 7 heteroatoms. The van der Waals surface area contributed by atoms with Crippen LogP contribution in [0.4, 0.5) is 13.2 Å². The van der Waals surface area contributed by atoms with Crippen molar-refractivity contribution in [3.8, 4) is 10.7 Å². The molecule has 102 valence electrons. The van der Waals surface area contributed by atoms with Gasteiger partial charge in [0.25, 0.3) is 0 Å². The second-order valence-electron chi connectivity index (χ2n) is 4.05. The summed E-state index contributed by atoms with van der Waals surface area (Å²) in [6, 6.07) is 6.85. The van der Waals surface area contributed by atoms with Gasteiger partial charge in [-0.2, -0.15) is 13.2 Å². The molecule has 2 nitrogen and oxygen atoms in total. The van der Waals surface area contributed by atoms with Crippen LogP contribution in [0.1, 0.15) is 5.56 Å². The van der Waals surface area contributed by atoms with Crippen molar-refractivity contribution in [2.45, 2.75) is 6.18 Å². The highest BCUT2D eigenvalue weighted by Gasteiger charge is 2.30. The average molecular weight is 315 g/mol. The summed E-state index contributed by atoms with van der Waals surface area (Å²) in [6.45, 7) is 0. The Hall–Kier alpha value is -1.66. The van der Waals surface area contributed by atoms with Crippen molar-refractivity contribution in [2.75, 3.05) is 0 Å². The number of thiophene rings is 1. The zero-order valence-electron chi connectivity index (χ0n) is 9.78. The Kier molecular flexibility index (Phi) is 3.14. The maximum atomic E-state index is 12.7. The van der Waals surface area contributed by atoms with Crippen LogP contribution in [0.5, 0.6) is 0 Å². The van der Waals surface area contributed by atoms with Gasteiger partial charge in [0.15, 0.2) is 5.82 Å². The third-order valence-electron chi connectivity index (χ3n) is 2.72. The van der Waals surface area contributed by atoms with Gasteiger partial charge in [-0.15, -0.1) is 11.3 Å². The molecule has 0 N–H and O–H groups in total. The lowest BCUT2D eigenvalue weighted by Crippen LogP contribution is -2.05. The fourth-order valence-electron chi connectivity index (χ4n) is 1.78. The molecule has 0 bridgehead atoms. The molecule has 2 heterocycles. The number of alkyl halides is 3. The summed E-state index contributed by atoms with van der Waals surface area (Å²) < 4.78 is 38.1. The van der Waals surface area contributed by atoms with Gasteiger partial charge in [-0.25, -0.2) is 9.97 Å². The van der Waals surface area contributed by atoms with Crippen LogP contribution in [0, 0.1) is 0 Å². The van der Waals surface area contributed by atoms with E-state index in [9.17, 15) is 13.2 Å². The van der Waals surface area contributed by atoms with Crippen LogP contribution in [0.3, 0.4) is 0 Å². The Balaban J connectivity index is 2.23. The van der Waals surface area contributed by atoms with E-state index in [1.807, 2.05) is 11.4 Å². The topological polar surface area (TPSA) is 25.8 Å². The van der Waals surface area contributed by atoms with Crippen molar-refractivity contribution in [3.05, 3.63) is 46.4 Å². The monoisotopic (exact) mass is 314 g/mol. The second kappa shape index (κ2) is 4.71. The first-order valence-electron chi connectivity index (χ1n) is 5.53. The van der Waals surface area contributed by atoms with Gasteiger partial charge in [0.05, 0.1) is 16.0 Å². The summed E-state index contributed by atoms with van der Waals surface area (Å²) in [5.41, 5.74) is -0.569. The van der Waals surface area contributed by atoms with Crippen LogP contribution in [-0.2, 0) is 6.18 Å². The zero-order valence-corrected chi connectivity index (χ0v) is 11.4. The number of halogens is 4. The molecule has 1 aromatic carbocycles. The minimum Gasteiger partial charge on any atom is -0.227 e. The molecule has 20 heavy (non-hydrogen) atoms. The van der Waals surface area contributed by atoms with Crippen LogP contribution in [0.2, 0.25) is 5.15 Å². The highest BCUT2D eigenvalue weighted by atomic mass is 35.5. The predicted molar refractivity (Wildman–Crippen MR) is 72.9 cm³/mol. The predicted octanol–water partition coefficient (Wildman–Crippen LogP) is 5.03. The second-order valence-corrected chi connectivity index (χ2v) is 5.35. The standard InChI is InChI=1S/C13H6ClF3N2S/c14-11-8-4-3-7(13(15,16)17)6-9(8)18-12(19-11)10-2-1-5-20-10/h1-6H. The smallest absolute Gasteiger partial charge is 0.227 e. The normalized spacial score (nSPS) is 12.0. The largest absolute Gasteiger partial charge is 0.416 e. The molecule has 0 saturated heterocycles. The van der Waals surface area contributed by atoms with Crippen LogP contribution in [0.25, 0.3) is 21.6 Å². The summed E-state index contributed by atoms with van der Waals surface area (Å²) in [6.07, 6.45) is -4.41. The molecule has 3 aromatic rings. The van der Waals surface area contributed by atoms with E-state index in [0.717, 1.165) is 17.0 Å². The maximum Gasteiger partial charge on any atom is 0.416 e. The fourth-order valence-corrected chi connectivity index (χ4v) is 2.68. The summed E-state index contributed by atoms with van der Waals surface area (Å²) in [5.74, 6) is 0.330. The molecule has 0 unspecified atom stereocenters. The third kappa shape index (κ3) is 2.36. The Bertz CT molecular complexity index is 769. The van der Waals surface area contributed by atoms with Gasteiger partial charge in [0.1, 0.15) is 5.15 Å². The molecule has 0 amide bonds. The Morgan fingerprint density at radius 1 is 1.10 bits per heavy atom. The Morgan fingerprint density at radius 3 is 2.55 bits per heavy atom. The minimum atomic E-state index is -4.41. The number of benzene rings is 1. The molecule has 3 rings (SSSR count). The van der Waals surface area contributed by atoms with Crippen LogP contribution >= 0.6 is 22.9 Å². The van der Waals surface area contributed by atoms with Crippen molar-refractivity contribution in [2.24, 2.45) is 0 Å². The third-order valence-corrected chi connectivity index (χ3v) is 3.87.